The molecule has 2 nitrogen and oxygen atoms in total. The maximum atomic E-state index is 5.94. The van der Waals surface area contributed by atoms with Crippen LogP contribution < -0.4 is 5.73 Å². The molecule has 1 atom stereocenters. The smallest absolute Gasteiger partial charge is 0.0300 e. The molecule has 0 aromatic rings. The lowest BCUT2D eigenvalue weighted by Gasteiger charge is -2.48. The number of likely N-dealkylation sites (tertiary alicyclic amines) is 1. The maximum absolute atomic E-state index is 5.94. The summed E-state index contributed by atoms with van der Waals surface area (Å²) in [6.45, 7) is 12.5. The summed E-state index contributed by atoms with van der Waals surface area (Å²) in [7, 11) is 0. The standard InChI is InChI=1S/C14H30N2/c1-5-13(4,12-15)16-10-8-14(6-2,7-3)9-11-16/h5-12,15H2,1-4H3. The minimum Gasteiger partial charge on any atom is -0.329 e. The highest BCUT2D eigenvalue weighted by Crippen LogP contribution is 2.39. The summed E-state index contributed by atoms with van der Waals surface area (Å²) in [6.07, 6.45) is 6.55. The van der Waals surface area contributed by atoms with Crippen molar-refractivity contribution >= 4 is 0 Å². The van der Waals surface area contributed by atoms with Gasteiger partial charge in [0.2, 0.25) is 0 Å². The van der Waals surface area contributed by atoms with E-state index in [4.69, 9.17) is 5.73 Å². The van der Waals surface area contributed by atoms with Crippen LogP contribution >= 0.6 is 0 Å². The van der Waals surface area contributed by atoms with Crippen LogP contribution in [-0.4, -0.2) is 30.1 Å². The summed E-state index contributed by atoms with van der Waals surface area (Å²) in [6, 6.07) is 0. The van der Waals surface area contributed by atoms with Gasteiger partial charge in [-0.2, -0.15) is 0 Å². The highest BCUT2D eigenvalue weighted by Gasteiger charge is 2.37. The van der Waals surface area contributed by atoms with Gasteiger partial charge in [0.1, 0.15) is 0 Å². The van der Waals surface area contributed by atoms with E-state index in [2.05, 4.69) is 32.6 Å². The van der Waals surface area contributed by atoms with Crippen molar-refractivity contribution in [1.29, 1.82) is 0 Å². The number of rotatable bonds is 5. The zero-order chi connectivity index (χ0) is 12.2. The molecular weight excluding hydrogens is 196 g/mol. The zero-order valence-corrected chi connectivity index (χ0v) is 11.7. The molecule has 1 aliphatic rings. The first-order valence-corrected chi connectivity index (χ1v) is 7.01. The third-order valence-corrected chi connectivity index (χ3v) is 5.29. The van der Waals surface area contributed by atoms with Crippen LogP contribution in [0.5, 0.6) is 0 Å². The lowest BCUT2D eigenvalue weighted by molar-refractivity contribution is 0.0230. The van der Waals surface area contributed by atoms with Gasteiger partial charge in [-0.25, -0.2) is 0 Å². The molecule has 0 spiro atoms. The van der Waals surface area contributed by atoms with E-state index >= 15 is 0 Å². The molecule has 1 saturated heterocycles. The van der Waals surface area contributed by atoms with E-state index in [1.807, 2.05) is 0 Å². The predicted octanol–water partition coefficient (Wildman–Crippen LogP) is 3.02. The molecule has 1 rings (SSSR count). The molecule has 1 heterocycles. The summed E-state index contributed by atoms with van der Waals surface area (Å²) in [5.41, 5.74) is 6.79. The molecule has 0 bridgehead atoms. The summed E-state index contributed by atoms with van der Waals surface area (Å²) < 4.78 is 0. The quantitative estimate of drug-likeness (QED) is 0.781. The molecule has 96 valence electrons. The molecule has 1 unspecified atom stereocenters. The first kappa shape index (κ1) is 14.0. The van der Waals surface area contributed by atoms with Crippen molar-refractivity contribution in [3.8, 4) is 0 Å². The molecule has 0 saturated carbocycles. The second kappa shape index (κ2) is 5.50. The van der Waals surface area contributed by atoms with E-state index < -0.39 is 0 Å². The normalized spacial score (nSPS) is 25.3. The Balaban J connectivity index is 2.60. The third-order valence-electron chi connectivity index (χ3n) is 5.29. The third kappa shape index (κ3) is 2.60. The second-order valence-corrected chi connectivity index (χ2v) is 5.75. The molecule has 16 heavy (non-hydrogen) atoms. The van der Waals surface area contributed by atoms with E-state index in [0.29, 0.717) is 5.41 Å². The molecular formula is C14H30N2. The average molecular weight is 226 g/mol. The lowest BCUT2D eigenvalue weighted by Crippen LogP contribution is -2.55. The number of nitrogens with two attached hydrogens (primary N) is 1. The second-order valence-electron chi connectivity index (χ2n) is 5.75. The Morgan fingerprint density at radius 2 is 1.62 bits per heavy atom. The van der Waals surface area contributed by atoms with Gasteiger partial charge in [-0.1, -0.05) is 33.6 Å². The van der Waals surface area contributed by atoms with Gasteiger partial charge < -0.3 is 5.73 Å². The predicted molar refractivity (Wildman–Crippen MR) is 71.6 cm³/mol. The van der Waals surface area contributed by atoms with E-state index in [0.717, 1.165) is 13.0 Å². The van der Waals surface area contributed by atoms with Crippen LogP contribution in [-0.2, 0) is 0 Å². The highest BCUT2D eigenvalue weighted by molar-refractivity contribution is 4.92. The Hall–Kier alpha value is -0.0800. The number of hydrogen-bond donors (Lipinski definition) is 1. The molecule has 0 aliphatic carbocycles. The Bertz CT molecular complexity index is 195. The van der Waals surface area contributed by atoms with Gasteiger partial charge >= 0.3 is 0 Å². The van der Waals surface area contributed by atoms with Crippen LogP contribution in [0, 0.1) is 5.41 Å². The summed E-state index contributed by atoms with van der Waals surface area (Å²) in [5, 5.41) is 0. The Labute approximate surface area is 102 Å². The molecule has 0 aromatic carbocycles. The van der Waals surface area contributed by atoms with Gasteiger partial charge in [0.05, 0.1) is 0 Å². The number of piperidine rings is 1. The van der Waals surface area contributed by atoms with Crippen molar-refractivity contribution in [2.24, 2.45) is 11.1 Å². The number of hydrogen-bond acceptors (Lipinski definition) is 2. The Morgan fingerprint density at radius 3 is 1.94 bits per heavy atom. The van der Waals surface area contributed by atoms with Crippen LogP contribution in [0.4, 0.5) is 0 Å². The maximum Gasteiger partial charge on any atom is 0.0300 e. The lowest BCUT2D eigenvalue weighted by atomic mass is 9.73. The van der Waals surface area contributed by atoms with Gasteiger partial charge in [0, 0.05) is 12.1 Å². The van der Waals surface area contributed by atoms with Crippen molar-refractivity contribution in [1.82, 2.24) is 4.90 Å². The van der Waals surface area contributed by atoms with Gasteiger partial charge in [-0.05, 0) is 44.7 Å². The van der Waals surface area contributed by atoms with E-state index in [9.17, 15) is 0 Å². The van der Waals surface area contributed by atoms with Gasteiger partial charge in [-0.15, -0.1) is 0 Å². The van der Waals surface area contributed by atoms with Gasteiger partial charge in [-0.3, -0.25) is 4.90 Å². The largest absolute Gasteiger partial charge is 0.329 e. The average Bonchev–Trinajstić information content (AvgIpc) is 2.38. The molecule has 2 N–H and O–H groups in total. The van der Waals surface area contributed by atoms with Crippen molar-refractivity contribution in [2.45, 2.75) is 65.3 Å². The Morgan fingerprint density at radius 1 is 1.12 bits per heavy atom. The summed E-state index contributed by atoms with van der Waals surface area (Å²) in [4.78, 5) is 2.62. The molecule has 1 aliphatic heterocycles. The van der Waals surface area contributed by atoms with Crippen molar-refractivity contribution in [3.63, 3.8) is 0 Å². The fraction of sp³-hybridized carbons (Fsp3) is 1.00. The van der Waals surface area contributed by atoms with E-state index in [1.165, 1.54) is 38.8 Å². The minimum absolute atomic E-state index is 0.230. The van der Waals surface area contributed by atoms with E-state index in [-0.39, 0.29) is 5.54 Å². The zero-order valence-electron chi connectivity index (χ0n) is 11.7. The first-order valence-electron chi connectivity index (χ1n) is 7.01. The topological polar surface area (TPSA) is 29.3 Å². The van der Waals surface area contributed by atoms with Crippen molar-refractivity contribution in [2.75, 3.05) is 19.6 Å². The Kier molecular flexibility index (Phi) is 4.81. The van der Waals surface area contributed by atoms with Crippen LogP contribution in [0.3, 0.4) is 0 Å². The molecule has 2 heteroatoms. The first-order chi connectivity index (χ1) is 7.55. The van der Waals surface area contributed by atoms with Crippen molar-refractivity contribution < 1.29 is 0 Å². The van der Waals surface area contributed by atoms with Crippen LogP contribution in [0.25, 0.3) is 0 Å². The molecule has 0 aromatic heterocycles. The highest BCUT2D eigenvalue weighted by atomic mass is 15.2. The minimum atomic E-state index is 0.230. The SMILES string of the molecule is CCC1(CC)CCN(C(C)(CC)CN)CC1. The monoisotopic (exact) mass is 226 g/mol. The number of nitrogens with zero attached hydrogens (tertiary/aromatic N) is 1. The fourth-order valence-electron chi connectivity index (χ4n) is 2.98. The van der Waals surface area contributed by atoms with Crippen LogP contribution in [0.15, 0.2) is 0 Å². The van der Waals surface area contributed by atoms with Crippen LogP contribution in [0.1, 0.15) is 59.8 Å². The van der Waals surface area contributed by atoms with Gasteiger partial charge in [0.15, 0.2) is 0 Å². The van der Waals surface area contributed by atoms with Crippen molar-refractivity contribution in [3.05, 3.63) is 0 Å². The summed E-state index contributed by atoms with van der Waals surface area (Å²) >= 11 is 0. The van der Waals surface area contributed by atoms with E-state index in [1.54, 1.807) is 0 Å². The van der Waals surface area contributed by atoms with Gasteiger partial charge in [0.25, 0.3) is 0 Å². The fourth-order valence-corrected chi connectivity index (χ4v) is 2.98. The molecule has 0 amide bonds. The molecule has 0 radical (unpaired) electrons. The summed E-state index contributed by atoms with van der Waals surface area (Å²) in [5.74, 6) is 0. The van der Waals surface area contributed by atoms with Crippen LogP contribution in [0.2, 0.25) is 0 Å². The molecule has 1 fully saturated rings.